The number of carbonyl (C=O) groups is 2. The molecule has 174 valence electrons. The lowest BCUT2D eigenvalue weighted by Gasteiger charge is -2.49. The molecule has 3 aliphatic carbocycles. The first-order valence-electron chi connectivity index (χ1n) is 11.4. The van der Waals surface area contributed by atoms with Crippen molar-refractivity contribution in [3.8, 4) is 0 Å². The summed E-state index contributed by atoms with van der Waals surface area (Å²) in [7, 11) is 0. The maximum Gasteiger partial charge on any atom is 0.153 e. The highest BCUT2D eigenvalue weighted by Crippen LogP contribution is 2.65. The average Bonchev–Trinajstić information content (AvgIpc) is 2.83. The maximum absolute atomic E-state index is 14.2. The Labute approximate surface area is 185 Å². The van der Waals surface area contributed by atoms with Crippen molar-refractivity contribution in [2.24, 2.45) is 28.1 Å². The molecule has 0 aromatic rings. The van der Waals surface area contributed by atoms with E-state index in [0.717, 1.165) is 6.42 Å². The van der Waals surface area contributed by atoms with Gasteiger partial charge in [0.15, 0.2) is 5.78 Å². The van der Waals surface area contributed by atoms with Gasteiger partial charge in [0.25, 0.3) is 0 Å². The summed E-state index contributed by atoms with van der Waals surface area (Å²) in [5.74, 6) is -1.30. The van der Waals surface area contributed by atoms with Crippen LogP contribution in [0.2, 0.25) is 0 Å². The van der Waals surface area contributed by atoms with Gasteiger partial charge in [0.2, 0.25) is 0 Å². The molecule has 2 unspecified atom stereocenters. The molecule has 0 heterocycles. The van der Waals surface area contributed by atoms with Gasteiger partial charge in [-0.3, -0.25) is 9.59 Å². The molecule has 6 heteroatoms. The molecule has 1 saturated carbocycles. The van der Waals surface area contributed by atoms with Crippen molar-refractivity contribution in [3.05, 3.63) is 23.3 Å². The van der Waals surface area contributed by atoms with Crippen molar-refractivity contribution in [2.75, 3.05) is 6.61 Å². The first kappa shape index (κ1) is 24.3. The minimum absolute atomic E-state index is 0.134. The molecule has 0 amide bonds. The van der Waals surface area contributed by atoms with E-state index in [1.807, 2.05) is 34.6 Å². The zero-order chi connectivity index (χ0) is 23.6. The Morgan fingerprint density at radius 1 is 1.19 bits per heavy atom. The number of carbonyl (C=O) groups excluding carboxylic acids is 2. The second-order valence-corrected chi connectivity index (χ2v) is 11.0. The van der Waals surface area contributed by atoms with Gasteiger partial charge in [-0.2, -0.15) is 0 Å². The number of aliphatic hydroxyl groups is 4. The van der Waals surface area contributed by atoms with Crippen LogP contribution in [-0.4, -0.2) is 56.4 Å². The van der Waals surface area contributed by atoms with E-state index >= 15 is 0 Å². The van der Waals surface area contributed by atoms with Crippen molar-refractivity contribution in [2.45, 2.75) is 85.0 Å². The molecule has 1 fully saturated rings. The summed E-state index contributed by atoms with van der Waals surface area (Å²) < 4.78 is 0. The maximum atomic E-state index is 14.2. The molecule has 7 atom stereocenters. The van der Waals surface area contributed by atoms with Crippen LogP contribution in [0, 0.1) is 28.1 Å². The number of hydrogen-bond acceptors (Lipinski definition) is 6. The van der Waals surface area contributed by atoms with E-state index in [0.29, 0.717) is 24.8 Å². The van der Waals surface area contributed by atoms with E-state index < -0.39 is 52.5 Å². The van der Waals surface area contributed by atoms with E-state index in [9.17, 15) is 30.0 Å². The Balaban J connectivity index is 2.31. The predicted octanol–water partition coefficient (Wildman–Crippen LogP) is 2.33. The highest BCUT2D eigenvalue weighted by Gasteiger charge is 2.73. The van der Waals surface area contributed by atoms with Gasteiger partial charge >= 0.3 is 0 Å². The second-order valence-electron chi connectivity index (χ2n) is 11.0. The van der Waals surface area contributed by atoms with Crippen LogP contribution in [-0.2, 0) is 9.59 Å². The summed E-state index contributed by atoms with van der Waals surface area (Å²) in [6.07, 6.45) is 2.23. The normalized spacial score (nSPS) is 44.1. The monoisotopic (exact) mass is 434 g/mol. The summed E-state index contributed by atoms with van der Waals surface area (Å²) in [4.78, 5) is 27.0. The molecule has 3 rings (SSSR count). The van der Waals surface area contributed by atoms with Gasteiger partial charge < -0.3 is 20.4 Å². The van der Waals surface area contributed by atoms with Gasteiger partial charge in [0, 0.05) is 18.8 Å². The first-order valence-corrected chi connectivity index (χ1v) is 11.4. The molecule has 1 spiro atoms. The van der Waals surface area contributed by atoms with Crippen LogP contribution in [0.5, 0.6) is 0 Å². The smallest absolute Gasteiger partial charge is 0.153 e. The Kier molecular flexibility index (Phi) is 5.97. The Hall–Kier alpha value is -1.34. The average molecular weight is 435 g/mol. The van der Waals surface area contributed by atoms with Crippen LogP contribution in [0.25, 0.3) is 0 Å². The summed E-state index contributed by atoms with van der Waals surface area (Å²) in [5.41, 5.74) is -4.37. The molecule has 0 aromatic heterocycles. The van der Waals surface area contributed by atoms with E-state index in [1.165, 1.54) is 0 Å². The lowest BCUT2D eigenvalue weighted by molar-refractivity contribution is -0.189. The number of rotatable bonds is 5. The first-order chi connectivity index (χ1) is 14.2. The number of allylic oxidation sites excluding steroid dienone is 1. The number of ketones is 2. The van der Waals surface area contributed by atoms with E-state index in [-0.39, 0.29) is 17.1 Å². The standard InChI is InChI=1S/C25H38O6/c1-7-8-17(27)12-23(6)11-15(3)24-10-14(2)19(28)25(24,31)20(29)16(13-26)9-18(21(24)30)22(23,4)5/h9-10,15,18-20,26,28-29,31H,7-8,11-13H2,1-6H3/t15?,18-,19+,20-,23+,24?,25-/m1/s1. The molecule has 6 nitrogen and oxygen atoms in total. The van der Waals surface area contributed by atoms with Gasteiger partial charge in [-0.1, -0.05) is 46.8 Å². The van der Waals surface area contributed by atoms with Crippen molar-refractivity contribution in [1.29, 1.82) is 0 Å². The summed E-state index contributed by atoms with van der Waals surface area (Å²) in [6, 6.07) is 0. The van der Waals surface area contributed by atoms with Crippen LogP contribution in [0.1, 0.15) is 67.2 Å². The highest BCUT2D eigenvalue weighted by molar-refractivity contribution is 5.95. The number of Topliss-reactive ketones (excluding diaryl/α,β-unsaturated/α-hetero) is 2. The summed E-state index contributed by atoms with van der Waals surface area (Å²) in [5, 5.41) is 44.1. The third-order valence-corrected chi connectivity index (χ3v) is 8.97. The van der Waals surface area contributed by atoms with Crippen LogP contribution in [0.15, 0.2) is 23.3 Å². The zero-order valence-corrected chi connectivity index (χ0v) is 19.6. The number of aliphatic hydroxyl groups excluding tert-OH is 3. The molecule has 0 saturated heterocycles. The van der Waals surface area contributed by atoms with E-state index in [4.69, 9.17) is 0 Å². The van der Waals surface area contributed by atoms with Crippen LogP contribution < -0.4 is 0 Å². The minimum Gasteiger partial charge on any atom is -0.392 e. The Bertz CT molecular complexity index is 841. The molecule has 31 heavy (non-hydrogen) atoms. The van der Waals surface area contributed by atoms with Crippen LogP contribution in [0.4, 0.5) is 0 Å². The molecule has 0 aromatic carbocycles. The third kappa shape index (κ3) is 2.98. The summed E-state index contributed by atoms with van der Waals surface area (Å²) >= 11 is 0. The molecule has 3 aliphatic rings. The lowest BCUT2D eigenvalue weighted by Crippen LogP contribution is -2.65. The van der Waals surface area contributed by atoms with Crippen molar-refractivity contribution < 1.29 is 30.0 Å². The van der Waals surface area contributed by atoms with Gasteiger partial charge in [-0.05, 0) is 47.7 Å². The van der Waals surface area contributed by atoms with Gasteiger partial charge in [-0.15, -0.1) is 0 Å². The van der Waals surface area contributed by atoms with Gasteiger partial charge in [0.05, 0.1) is 12.0 Å². The topological polar surface area (TPSA) is 115 Å². The summed E-state index contributed by atoms with van der Waals surface area (Å²) in [6.45, 7) is 10.9. The largest absolute Gasteiger partial charge is 0.392 e. The molecule has 0 radical (unpaired) electrons. The molecular weight excluding hydrogens is 396 g/mol. The highest BCUT2D eigenvalue weighted by atomic mass is 16.4. The lowest BCUT2D eigenvalue weighted by atomic mass is 9.56. The van der Waals surface area contributed by atoms with Crippen LogP contribution in [0.3, 0.4) is 0 Å². The number of hydrogen-bond donors (Lipinski definition) is 4. The second kappa shape index (κ2) is 7.62. The fourth-order valence-corrected chi connectivity index (χ4v) is 6.72. The Morgan fingerprint density at radius 2 is 1.81 bits per heavy atom. The Morgan fingerprint density at radius 3 is 2.35 bits per heavy atom. The minimum atomic E-state index is -2.17. The van der Waals surface area contributed by atoms with Gasteiger partial charge in [0.1, 0.15) is 23.6 Å². The molecular formula is C25H38O6. The van der Waals surface area contributed by atoms with Crippen molar-refractivity contribution >= 4 is 11.6 Å². The van der Waals surface area contributed by atoms with Crippen LogP contribution >= 0.6 is 0 Å². The SMILES string of the molecule is CCCC(=O)C[C@]1(C)CC(C)C23C=C(C)[C@H](O)[C@@]2(O)[C@H](O)C(CO)=C[C@H](C3=O)C1(C)C. The fraction of sp³-hybridized carbons (Fsp3) is 0.760. The molecule has 0 aliphatic heterocycles. The fourth-order valence-electron chi connectivity index (χ4n) is 6.72. The predicted molar refractivity (Wildman–Crippen MR) is 117 cm³/mol. The number of fused-ring (bicyclic) bond motifs is 1. The van der Waals surface area contributed by atoms with E-state index in [1.54, 1.807) is 19.1 Å². The van der Waals surface area contributed by atoms with Crippen molar-refractivity contribution in [3.63, 3.8) is 0 Å². The van der Waals surface area contributed by atoms with Crippen molar-refractivity contribution in [1.82, 2.24) is 0 Å². The zero-order valence-electron chi connectivity index (χ0n) is 19.6. The molecule has 4 N–H and O–H groups in total. The third-order valence-electron chi connectivity index (χ3n) is 8.97. The quantitative estimate of drug-likeness (QED) is 0.494. The van der Waals surface area contributed by atoms with Gasteiger partial charge in [-0.25, -0.2) is 0 Å². The van der Waals surface area contributed by atoms with E-state index in [2.05, 4.69) is 0 Å². The molecule has 2 bridgehead atoms.